The second-order valence-corrected chi connectivity index (χ2v) is 18.8. The van der Waals surface area contributed by atoms with Gasteiger partial charge in [0.15, 0.2) is 0 Å². The van der Waals surface area contributed by atoms with Crippen LogP contribution in [0.3, 0.4) is 0 Å². The van der Waals surface area contributed by atoms with E-state index >= 15 is 0 Å². The van der Waals surface area contributed by atoms with Crippen molar-refractivity contribution in [1.82, 2.24) is 9.80 Å². The van der Waals surface area contributed by atoms with E-state index in [9.17, 15) is 19.2 Å². The maximum absolute atomic E-state index is 12.6. The summed E-state index contributed by atoms with van der Waals surface area (Å²) in [6.45, 7) is 7.93. The number of carbonyl (C=O) groups excluding carboxylic acids is 4. The zero-order valence-corrected chi connectivity index (χ0v) is 29.0. The fourth-order valence-electron chi connectivity index (χ4n) is 6.34. The molecule has 0 aromatic heterocycles. The van der Waals surface area contributed by atoms with Crippen molar-refractivity contribution in [2.45, 2.75) is 76.5 Å². The lowest BCUT2D eigenvalue weighted by Gasteiger charge is -2.30. The van der Waals surface area contributed by atoms with Crippen LogP contribution in [0.1, 0.15) is 92.8 Å². The van der Waals surface area contributed by atoms with E-state index in [1.165, 1.54) is 54.4 Å². The van der Waals surface area contributed by atoms with Crippen LogP contribution in [-0.4, -0.2) is 86.3 Å². The predicted molar refractivity (Wildman–Crippen MR) is 169 cm³/mol. The van der Waals surface area contributed by atoms with Crippen LogP contribution < -0.4 is 17.0 Å². The van der Waals surface area contributed by atoms with E-state index in [1.807, 2.05) is 24.3 Å². The number of hydrogen-bond acceptors (Lipinski definition) is 4. The average molecular weight is 671 g/mol. The molecule has 0 saturated carbocycles. The minimum atomic E-state index is -1.35. The second kappa shape index (κ2) is 15.4. The summed E-state index contributed by atoms with van der Waals surface area (Å²) in [4.78, 5) is 53.1. The molecule has 0 unspecified atom stereocenters. The van der Waals surface area contributed by atoms with Gasteiger partial charge < -0.3 is 21.5 Å². The van der Waals surface area contributed by atoms with Crippen molar-refractivity contribution in [2.24, 2.45) is 0 Å². The van der Waals surface area contributed by atoms with Crippen molar-refractivity contribution >= 4 is 31.7 Å². The van der Waals surface area contributed by atoms with Crippen LogP contribution in [0.15, 0.2) is 48.5 Å². The molecule has 0 atom stereocenters. The number of amides is 4. The summed E-state index contributed by atoms with van der Waals surface area (Å²) in [6, 6.07) is 16.7. The molecule has 0 bridgehead atoms. The molecule has 0 radical (unpaired) electrons. The van der Waals surface area contributed by atoms with Gasteiger partial charge in [0.1, 0.15) is 0 Å². The Morgan fingerprint density at radius 2 is 0.884 bits per heavy atom. The summed E-state index contributed by atoms with van der Waals surface area (Å²) < 4.78 is 0.906. The number of benzene rings is 2. The fourth-order valence-corrected chi connectivity index (χ4v) is 8.92. The first kappa shape index (κ1) is 34.9. The number of fused-ring (bicyclic) bond motifs is 2. The molecular weight excluding hydrogens is 622 g/mol. The van der Waals surface area contributed by atoms with Gasteiger partial charge in [-0.25, -0.2) is 0 Å². The van der Waals surface area contributed by atoms with E-state index in [0.29, 0.717) is 35.3 Å². The third-order valence-electron chi connectivity index (χ3n) is 9.00. The standard InChI is InChI=1S/C34H48N3O4Si.BrH/c1-37(2,24-15-21-35-31(38)27-17-9-10-18-28(27)32(35)39)23-13-7-5-6-8-14-25-42(3,4)26-16-22-36-33(40)29-19-11-12-20-30(29)34(36)41;/h9-12,17-20H,5-8,13-16,21-26H2,1-4H3;1H/q+1;/p-1. The van der Waals surface area contributed by atoms with Gasteiger partial charge in [-0.2, -0.15) is 0 Å². The molecule has 4 rings (SSSR count). The van der Waals surface area contributed by atoms with Gasteiger partial charge in [-0.1, -0.05) is 75.1 Å². The van der Waals surface area contributed by atoms with Gasteiger partial charge in [-0.3, -0.25) is 29.0 Å². The molecule has 2 aliphatic rings. The van der Waals surface area contributed by atoms with Gasteiger partial charge in [0.05, 0.1) is 49.4 Å². The number of quaternary nitrogens is 1. The predicted octanol–water partition coefficient (Wildman–Crippen LogP) is 3.49. The lowest BCUT2D eigenvalue weighted by molar-refractivity contribution is -0.890. The molecule has 0 fully saturated rings. The Bertz CT molecular complexity index is 1140. The third-order valence-corrected chi connectivity index (χ3v) is 12.4. The average Bonchev–Trinajstić information content (AvgIpc) is 3.35. The van der Waals surface area contributed by atoms with Crippen molar-refractivity contribution in [2.75, 3.05) is 40.3 Å². The number of hydrogen-bond donors (Lipinski definition) is 0. The van der Waals surface area contributed by atoms with Crippen LogP contribution >= 0.6 is 0 Å². The van der Waals surface area contributed by atoms with Gasteiger partial charge >= 0.3 is 0 Å². The molecule has 9 heteroatoms. The molecule has 0 spiro atoms. The highest BCUT2D eigenvalue weighted by Crippen LogP contribution is 2.26. The fraction of sp³-hybridized carbons (Fsp3) is 0.529. The zero-order valence-electron chi connectivity index (χ0n) is 26.4. The molecule has 7 nitrogen and oxygen atoms in total. The molecule has 2 aromatic rings. The quantitative estimate of drug-likeness (QED) is 0.112. The van der Waals surface area contributed by atoms with Crippen LogP contribution in [0.25, 0.3) is 0 Å². The highest BCUT2D eigenvalue weighted by Gasteiger charge is 2.36. The summed E-state index contributed by atoms with van der Waals surface area (Å²) in [5, 5.41) is 0. The molecule has 43 heavy (non-hydrogen) atoms. The first-order valence-electron chi connectivity index (χ1n) is 15.7. The Morgan fingerprint density at radius 3 is 1.35 bits per heavy atom. The third kappa shape index (κ3) is 8.96. The maximum Gasteiger partial charge on any atom is 0.261 e. The van der Waals surface area contributed by atoms with Gasteiger partial charge in [0.25, 0.3) is 23.6 Å². The largest absolute Gasteiger partial charge is 1.00 e. The van der Waals surface area contributed by atoms with Crippen LogP contribution in [0.4, 0.5) is 0 Å². The number of rotatable bonds is 17. The van der Waals surface area contributed by atoms with Crippen molar-refractivity contribution < 1.29 is 40.6 Å². The molecule has 2 aliphatic heterocycles. The minimum absolute atomic E-state index is 0. The van der Waals surface area contributed by atoms with Crippen LogP contribution in [0, 0.1) is 0 Å². The van der Waals surface area contributed by atoms with Crippen molar-refractivity contribution in [3.05, 3.63) is 70.8 Å². The van der Waals surface area contributed by atoms with Crippen LogP contribution in [-0.2, 0) is 0 Å². The first-order chi connectivity index (χ1) is 20.0. The summed E-state index contributed by atoms with van der Waals surface area (Å²) in [7, 11) is 3.13. The minimum Gasteiger partial charge on any atom is -1.00 e. The molecule has 234 valence electrons. The number of halogens is 1. The van der Waals surface area contributed by atoms with Gasteiger partial charge in [-0.05, 0) is 43.5 Å². The van der Waals surface area contributed by atoms with E-state index in [-0.39, 0.29) is 40.6 Å². The lowest BCUT2D eigenvalue weighted by atomic mass is 10.1. The summed E-state index contributed by atoms with van der Waals surface area (Å²) in [5.41, 5.74) is 2.14. The Morgan fingerprint density at radius 1 is 0.535 bits per heavy atom. The van der Waals surface area contributed by atoms with E-state index in [1.54, 1.807) is 24.3 Å². The van der Waals surface area contributed by atoms with Gasteiger partial charge in [0, 0.05) is 27.6 Å². The Balaban J connectivity index is 0.00000506. The van der Waals surface area contributed by atoms with Crippen molar-refractivity contribution in [3.8, 4) is 0 Å². The highest BCUT2D eigenvalue weighted by atomic mass is 79.9. The van der Waals surface area contributed by atoms with E-state index in [2.05, 4.69) is 27.2 Å². The highest BCUT2D eigenvalue weighted by molar-refractivity contribution is 6.77. The molecular formula is C34H48BrN3O4Si. The lowest BCUT2D eigenvalue weighted by Crippen LogP contribution is -3.00. The topological polar surface area (TPSA) is 74.8 Å². The molecule has 2 aromatic carbocycles. The van der Waals surface area contributed by atoms with Crippen LogP contribution in [0.2, 0.25) is 25.2 Å². The van der Waals surface area contributed by atoms with E-state index in [4.69, 9.17) is 0 Å². The van der Waals surface area contributed by atoms with Crippen molar-refractivity contribution in [1.29, 1.82) is 0 Å². The summed E-state index contributed by atoms with van der Waals surface area (Å²) in [6.07, 6.45) is 9.22. The number of unbranched alkanes of at least 4 members (excludes halogenated alkanes) is 5. The first-order valence-corrected chi connectivity index (χ1v) is 19.1. The van der Waals surface area contributed by atoms with Crippen molar-refractivity contribution in [3.63, 3.8) is 0 Å². The smallest absolute Gasteiger partial charge is 0.261 e. The Labute approximate surface area is 269 Å². The molecule has 4 amide bonds. The number of nitrogens with zero attached hydrogens (tertiary/aromatic N) is 3. The van der Waals surface area contributed by atoms with Gasteiger partial charge in [-0.15, -0.1) is 0 Å². The maximum atomic E-state index is 12.6. The monoisotopic (exact) mass is 669 g/mol. The van der Waals surface area contributed by atoms with E-state index in [0.717, 1.165) is 36.5 Å². The normalized spacial score (nSPS) is 14.8. The van der Waals surface area contributed by atoms with E-state index < -0.39 is 8.07 Å². The number of carbonyl (C=O) groups is 4. The van der Waals surface area contributed by atoms with Gasteiger partial charge in [0.2, 0.25) is 0 Å². The second-order valence-electron chi connectivity index (χ2n) is 13.5. The summed E-state index contributed by atoms with van der Waals surface area (Å²) >= 11 is 0. The molecule has 0 saturated heterocycles. The zero-order chi connectivity index (χ0) is 30.3. The molecule has 0 N–H and O–H groups in total. The molecule has 0 aliphatic carbocycles. The van der Waals surface area contributed by atoms with Crippen LogP contribution in [0.5, 0.6) is 0 Å². The summed E-state index contributed by atoms with van der Waals surface area (Å²) in [5.74, 6) is -0.598. The Kier molecular flexibility index (Phi) is 12.5. The Hall–Kier alpha value is -2.62. The number of imide groups is 2. The SMILES string of the molecule is C[N+](C)(CCCCCCCC[Si](C)(C)CCCN1C(=O)c2ccccc2C1=O)CCCN1C(=O)c2ccccc2C1=O.[Br-]. The molecule has 2 heterocycles.